The van der Waals surface area contributed by atoms with Crippen LogP contribution in [-0.2, 0) is 27.2 Å². The Kier molecular flexibility index (Phi) is 4.99. The van der Waals surface area contributed by atoms with Crippen LogP contribution in [0, 0.1) is 11.6 Å². The van der Waals surface area contributed by atoms with Crippen molar-refractivity contribution in [2.75, 3.05) is 13.7 Å². The minimum absolute atomic E-state index is 0.0280. The van der Waals surface area contributed by atoms with E-state index in [0.29, 0.717) is 5.56 Å². The fourth-order valence-electron chi connectivity index (χ4n) is 5.21. The minimum atomic E-state index is -1.94. The molecule has 1 aromatic heterocycles. The van der Waals surface area contributed by atoms with Crippen molar-refractivity contribution in [1.82, 2.24) is 26.2 Å². The summed E-state index contributed by atoms with van der Waals surface area (Å²) in [5, 5.41) is 9.30. The Balaban J connectivity index is 1.41. The first-order valence-corrected chi connectivity index (χ1v) is 11.6. The SMILES string of the molecule is COc1ccc2c(c1F)C(=O)N(CC1(c3cc4cc(C5(C)NC(=O)NC5=O)c(F)cc4o3)NC(=O)NC1=O)C2. The molecule has 12 nitrogen and oxygen atoms in total. The Hall–Kier alpha value is -5.01. The summed E-state index contributed by atoms with van der Waals surface area (Å²) < 4.78 is 40.8. The van der Waals surface area contributed by atoms with Crippen molar-refractivity contribution in [2.45, 2.75) is 24.5 Å². The Labute approximate surface area is 217 Å². The fraction of sp³-hybridized carbons (Fsp3) is 0.240. The smallest absolute Gasteiger partial charge is 0.322 e. The van der Waals surface area contributed by atoms with Gasteiger partial charge in [-0.25, -0.2) is 18.4 Å². The summed E-state index contributed by atoms with van der Waals surface area (Å²) in [7, 11) is 1.26. The highest BCUT2D eigenvalue weighted by atomic mass is 19.1. The van der Waals surface area contributed by atoms with Crippen molar-refractivity contribution < 1.29 is 41.9 Å². The van der Waals surface area contributed by atoms with E-state index in [1.165, 1.54) is 43.2 Å². The Morgan fingerprint density at radius 2 is 1.72 bits per heavy atom. The molecule has 2 saturated heterocycles. The number of nitrogens with zero attached hydrogens (tertiary/aromatic N) is 1. The van der Waals surface area contributed by atoms with Crippen LogP contribution >= 0.6 is 0 Å². The van der Waals surface area contributed by atoms with Gasteiger partial charge in [-0.1, -0.05) is 6.07 Å². The minimum Gasteiger partial charge on any atom is -0.494 e. The first-order valence-electron chi connectivity index (χ1n) is 11.6. The largest absolute Gasteiger partial charge is 0.494 e. The van der Waals surface area contributed by atoms with E-state index in [1.54, 1.807) is 0 Å². The van der Waals surface area contributed by atoms with Gasteiger partial charge in [-0.15, -0.1) is 0 Å². The summed E-state index contributed by atoms with van der Waals surface area (Å²) in [4.78, 5) is 63.8. The van der Waals surface area contributed by atoms with Crippen molar-refractivity contribution in [3.63, 3.8) is 0 Å². The third kappa shape index (κ3) is 3.37. The molecule has 2 aromatic carbocycles. The Bertz CT molecular complexity index is 1670. The molecule has 0 radical (unpaired) electrons. The standard InChI is InChI=1S/C25H19F2N5O7/c1-24(20(34)28-22(36)30-24)12-5-11-6-16(39-15(11)7-13(12)26)25(21(35)29-23(37)31-25)9-32-8-10-3-4-14(38-2)18(27)17(10)19(32)33/h3-7H,8-9H2,1-2H3,(H2,28,30,34,36)(H2,29,31,35,37). The van der Waals surface area contributed by atoms with E-state index in [-0.39, 0.29) is 40.2 Å². The van der Waals surface area contributed by atoms with E-state index in [2.05, 4.69) is 21.3 Å². The molecule has 2 atom stereocenters. The van der Waals surface area contributed by atoms with Gasteiger partial charge in [0.15, 0.2) is 17.1 Å². The molecule has 3 aliphatic heterocycles. The van der Waals surface area contributed by atoms with Gasteiger partial charge in [0.05, 0.1) is 19.2 Å². The van der Waals surface area contributed by atoms with Gasteiger partial charge in [0.25, 0.3) is 17.7 Å². The third-order valence-electron chi connectivity index (χ3n) is 7.25. The summed E-state index contributed by atoms with van der Waals surface area (Å²) in [5.74, 6) is -4.31. The molecule has 4 heterocycles. The van der Waals surface area contributed by atoms with Crippen LogP contribution in [0.25, 0.3) is 11.0 Å². The van der Waals surface area contributed by atoms with E-state index in [9.17, 15) is 28.4 Å². The lowest BCUT2D eigenvalue weighted by Gasteiger charge is -2.29. The van der Waals surface area contributed by atoms with E-state index in [1.807, 2.05) is 0 Å². The van der Waals surface area contributed by atoms with Gasteiger partial charge in [-0.05, 0) is 30.7 Å². The summed E-state index contributed by atoms with van der Waals surface area (Å²) in [6.45, 7) is 0.826. The normalized spacial score (nSPS) is 24.1. The molecular formula is C25H19F2N5O7. The zero-order chi connectivity index (χ0) is 27.9. The number of nitrogens with one attached hydrogen (secondary N) is 4. The zero-order valence-corrected chi connectivity index (χ0v) is 20.4. The molecule has 0 bridgehead atoms. The predicted molar refractivity (Wildman–Crippen MR) is 126 cm³/mol. The number of carbonyl (C=O) groups is 5. The Morgan fingerprint density at radius 1 is 1.00 bits per heavy atom. The highest BCUT2D eigenvalue weighted by molar-refractivity contribution is 6.09. The van der Waals surface area contributed by atoms with Crippen molar-refractivity contribution in [3.05, 3.63) is 64.4 Å². The maximum atomic E-state index is 15.1. The highest BCUT2D eigenvalue weighted by Gasteiger charge is 2.53. The second-order valence-electron chi connectivity index (χ2n) is 9.60. The fourth-order valence-corrected chi connectivity index (χ4v) is 5.21. The quantitative estimate of drug-likeness (QED) is 0.357. The van der Waals surface area contributed by atoms with Crippen LogP contribution in [0.3, 0.4) is 0 Å². The maximum absolute atomic E-state index is 15.1. The second kappa shape index (κ2) is 7.99. The molecule has 7 amide bonds. The molecule has 0 spiro atoms. The van der Waals surface area contributed by atoms with Gasteiger partial charge < -0.3 is 24.7 Å². The molecule has 14 heteroatoms. The lowest BCUT2D eigenvalue weighted by atomic mass is 9.90. The average molecular weight is 539 g/mol. The van der Waals surface area contributed by atoms with E-state index in [0.717, 1.165) is 6.07 Å². The number of methoxy groups -OCH3 is 1. The van der Waals surface area contributed by atoms with Crippen molar-refractivity contribution in [1.29, 1.82) is 0 Å². The summed E-state index contributed by atoms with van der Waals surface area (Å²) in [6.07, 6.45) is 0. The average Bonchev–Trinajstić information content (AvgIpc) is 3.58. The molecule has 200 valence electrons. The molecule has 2 fully saturated rings. The number of amides is 7. The summed E-state index contributed by atoms with van der Waals surface area (Å²) >= 11 is 0. The molecule has 39 heavy (non-hydrogen) atoms. The number of urea groups is 2. The number of rotatable bonds is 5. The first-order chi connectivity index (χ1) is 18.5. The van der Waals surface area contributed by atoms with Gasteiger partial charge in [-0.3, -0.25) is 25.0 Å². The van der Waals surface area contributed by atoms with Crippen LogP contribution in [0.1, 0.15) is 34.2 Å². The number of hydrogen-bond acceptors (Lipinski definition) is 7. The molecule has 2 unspecified atom stereocenters. The van der Waals surface area contributed by atoms with Crippen molar-refractivity contribution in [3.8, 4) is 5.75 Å². The molecule has 3 aromatic rings. The predicted octanol–water partition coefficient (Wildman–Crippen LogP) is 1.46. The molecule has 4 N–H and O–H groups in total. The summed E-state index contributed by atoms with van der Waals surface area (Å²) in [6, 6.07) is 4.88. The van der Waals surface area contributed by atoms with E-state index >= 15 is 4.39 Å². The number of fused-ring (bicyclic) bond motifs is 2. The molecule has 6 rings (SSSR count). The van der Waals surface area contributed by atoms with Crippen LogP contribution in [0.2, 0.25) is 0 Å². The molecule has 3 aliphatic rings. The van der Waals surface area contributed by atoms with Gasteiger partial charge in [0.1, 0.15) is 22.7 Å². The van der Waals surface area contributed by atoms with Gasteiger partial charge in [0, 0.05) is 23.6 Å². The monoisotopic (exact) mass is 539 g/mol. The van der Waals surface area contributed by atoms with Crippen molar-refractivity contribution >= 4 is 40.8 Å². The van der Waals surface area contributed by atoms with Gasteiger partial charge in [-0.2, -0.15) is 0 Å². The summed E-state index contributed by atoms with van der Waals surface area (Å²) in [5.41, 5.74) is -3.68. The van der Waals surface area contributed by atoms with Crippen LogP contribution in [-0.4, -0.2) is 48.3 Å². The number of furan rings is 1. The van der Waals surface area contributed by atoms with Gasteiger partial charge in [0.2, 0.25) is 0 Å². The van der Waals surface area contributed by atoms with Crippen LogP contribution in [0.15, 0.2) is 34.7 Å². The number of benzene rings is 2. The number of halogens is 2. The number of ether oxygens (including phenoxy) is 1. The second-order valence-corrected chi connectivity index (χ2v) is 9.60. The third-order valence-corrected chi connectivity index (χ3v) is 7.25. The molecule has 0 saturated carbocycles. The van der Waals surface area contributed by atoms with E-state index in [4.69, 9.17) is 9.15 Å². The van der Waals surface area contributed by atoms with Gasteiger partial charge >= 0.3 is 12.1 Å². The van der Waals surface area contributed by atoms with Crippen molar-refractivity contribution in [2.24, 2.45) is 0 Å². The molecule has 0 aliphatic carbocycles. The first kappa shape index (κ1) is 24.3. The number of hydrogen-bond donors (Lipinski definition) is 4. The van der Waals surface area contributed by atoms with E-state index < -0.39 is 59.0 Å². The highest BCUT2D eigenvalue weighted by Crippen LogP contribution is 2.38. The number of carbonyl (C=O) groups excluding carboxylic acids is 5. The zero-order valence-electron chi connectivity index (χ0n) is 20.4. The van der Waals surface area contributed by atoms with Crippen LogP contribution < -0.4 is 26.0 Å². The van der Waals surface area contributed by atoms with Crippen LogP contribution in [0.5, 0.6) is 5.75 Å². The lowest BCUT2D eigenvalue weighted by Crippen LogP contribution is -2.52. The Morgan fingerprint density at radius 3 is 2.36 bits per heavy atom. The molecular weight excluding hydrogens is 520 g/mol. The number of imide groups is 2. The lowest BCUT2D eigenvalue weighted by molar-refractivity contribution is -0.125. The topological polar surface area (TPSA) is 159 Å². The van der Waals surface area contributed by atoms with Crippen LogP contribution in [0.4, 0.5) is 18.4 Å². The maximum Gasteiger partial charge on any atom is 0.322 e.